The van der Waals surface area contributed by atoms with Gasteiger partial charge in [0.15, 0.2) is 10.9 Å². The Balaban J connectivity index is 1.46. The number of halogens is 1. The van der Waals surface area contributed by atoms with Crippen LogP contribution in [0.3, 0.4) is 0 Å². The van der Waals surface area contributed by atoms with Crippen LogP contribution in [0.25, 0.3) is 21.1 Å². The van der Waals surface area contributed by atoms with Crippen LogP contribution in [0.4, 0.5) is 5.13 Å². The van der Waals surface area contributed by atoms with Crippen molar-refractivity contribution in [3.8, 4) is 0 Å². The van der Waals surface area contributed by atoms with Gasteiger partial charge in [-0.3, -0.25) is 14.9 Å². The van der Waals surface area contributed by atoms with Crippen molar-refractivity contribution in [1.29, 1.82) is 0 Å². The number of thiazole rings is 1. The van der Waals surface area contributed by atoms with Crippen LogP contribution in [-0.2, 0) is 9.59 Å². The van der Waals surface area contributed by atoms with Crippen LogP contribution < -0.4 is 10.6 Å². The van der Waals surface area contributed by atoms with E-state index in [1.165, 1.54) is 11.3 Å². The second-order valence-electron chi connectivity index (χ2n) is 10.3. The first kappa shape index (κ1) is 23.2. The molecule has 4 aromatic rings. The highest BCUT2D eigenvalue weighted by molar-refractivity contribution is 9.10. The molecule has 8 heteroatoms. The van der Waals surface area contributed by atoms with E-state index in [1.807, 2.05) is 55.6 Å². The zero-order chi connectivity index (χ0) is 25.2. The fraction of sp³-hybridized carbons (Fsp3) is 0.250. The summed E-state index contributed by atoms with van der Waals surface area (Å²) in [7, 11) is 0. The molecule has 1 atom stereocenters. The molecule has 0 fully saturated rings. The largest absolute Gasteiger partial charge is 0.362 e. The predicted molar refractivity (Wildman–Crippen MR) is 148 cm³/mol. The van der Waals surface area contributed by atoms with Crippen molar-refractivity contribution in [1.82, 2.24) is 15.3 Å². The molecule has 2 aromatic carbocycles. The first-order chi connectivity index (χ1) is 17.2. The summed E-state index contributed by atoms with van der Waals surface area (Å²) in [5, 5.41) is 8.01. The Bertz CT molecular complexity index is 1640. The number of dihydropyridines is 1. The molecule has 0 saturated heterocycles. The highest BCUT2D eigenvalue weighted by atomic mass is 79.9. The van der Waals surface area contributed by atoms with E-state index < -0.39 is 5.92 Å². The highest BCUT2D eigenvalue weighted by Gasteiger charge is 2.43. The van der Waals surface area contributed by atoms with Crippen molar-refractivity contribution in [3.05, 3.63) is 81.2 Å². The number of para-hydroxylation sites is 1. The molecule has 182 valence electrons. The number of allylic oxidation sites excluding steroid dienone is 3. The summed E-state index contributed by atoms with van der Waals surface area (Å²) in [4.78, 5) is 35.4. The summed E-state index contributed by atoms with van der Waals surface area (Å²) >= 11 is 4.92. The quantitative estimate of drug-likeness (QED) is 0.257. The number of nitrogens with one attached hydrogen (secondary N) is 3. The number of rotatable bonds is 3. The number of amides is 1. The molecular weight excluding hydrogens is 536 g/mol. The number of aromatic amines is 1. The van der Waals surface area contributed by atoms with Crippen LogP contribution in [0.15, 0.2) is 75.7 Å². The first-order valence-electron chi connectivity index (χ1n) is 11.9. The smallest absolute Gasteiger partial charge is 0.256 e. The molecule has 3 N–H and O–H groups in total. The van der Waals surface area contributed by atoms with Gasteiger partial charge in [0.05, 0.1) is 10.2 Å². The van der Waals surface area contributed by atoms with Crippen LogP contribution in [0.5, 0.6) is 0 Å². The third-order valence-corrected chi connectivity index (χ3v) is 8.41. The fourth-order valence-corrected chi connectivity index (χ4v) is 6.91. The number of aromatic nitrogens is 2. The average Bonchev–Trinajstić information content (AvgIpc) is 3.40. The minimum absolute atomic E-state index is 0.0895. The van der Waals surface area contributed by atoms with Gasteiger partial charge in [-0.15, -0.1) is 0 Å². The van der Waals surface area contributed by atoms with Gasteiger partial charge in [-0.2, -0.15) is 0 Å². The molecule has 0 radical (unpaired) electrons. The Labute approximate surface area is 221 Å². The number of hydrogen-bond acceptors (Lipinski definition) is 5. The van der Waals surface area contributed by atoms with E-state index >= 15 is 0 Å². The summed E-state index contributed by atoms with van der Waals surface area (Å²) in [6.07, 6.45) is 3.15. The van der Waals surface area contributed by atoms with Crippen molar-refractivity contribution in [3.63, 3.8) is 0 Å². The zero-order valence-electron chi connectivity index (χ0n) is 20.2. The average molecular weight is 562 g/mol. The van der Waals surface area contributed by atoms with E-state index in [0.29, 0.717) is 22.7 Å². The van der Waals surface area contributed by atoms with Crippen molar-refractivity contribution in [2.75, 3.05) is 5.32 Å². The lowest BCUT2D eigenvalue weighted by molar-refractivity contribution is -0.118. The molecule has 1 unspecified atom stereocenters. The van der Waals surface area contributed by atoms with E-state index in [1.54, 1.807) is 0 Å². The Morgan fingerprint density at radius 1 is 1.19 bits per heavy atom. The van der Waals surface area contributed by atoms with Gasteiger partial charge >= 0.3 is 0 Å². The summed E-state index contributed by atoms with van der Waals surface area (Å²) in [6.45, 7) is 6.15. The van der Waals surface area contributed by atoms with Crippen LogP contribution in [0.1, 0.15) is 45.1 Å². The normalized spacial score (nSPS) is 19.6. The number of fused-ring (bicyclic) bond motifs is 2. The van der Waals surface area contributed by atoms with Crippen LogP contribution in [0.2, 0.25) is 0 Å². The second kappa shape index (κ2) is 8.42. The second-order valence-corrected chi connectivity index (χ2v) is 12.3. The summed E-state index contributed by atoms with van der Waals surface area (Å²) < 4.78 is 1.94. The van der Waals surface area contributed by atoms with E-state index in [4.69, 9.17) is 0 Å². The van der Waals surface area contributed by atoms with Gasteiger partial charge in [0.25, 0.3) is 5.91 Å². The Hall–Kier alpha value is -3.23. The van der Waals surface area contributed by atoms with Gasteiger partial charge in [-0.1, -0.05) is 59.3 Å². The molecule has 3 heterocycles. The number of Topliss-reactive ketones (excluding diaryl/α,β-unsaturated/α-hetero) is 1. The number of carbonyl (C=O) groups excluding carboxylic acids is 2. The fourth-order valence-electron chi connectivity index (χ4n) is 5.50. The molecule has 36 heavy (non-hydrogen) atoms. The van der Waals surface area contributed by atoms with E-state index in [9.17, 15) is 9.59 Å². The number of anilines is 1. The van der Waals surface area contributed by atoms with Gasteiger partial charge < -0.3 is 10.3 Å². The molecule has 6 rings (SSSR count). The molecule has 2 aromatic heterocycles. The molecule has 1 aliphatic carbocycles. The third kappa shape index (κ3) is 3.89. The number of nitrogens with zero attached hydrogens (tertiary/aromatic N) is 1. The molecule has 1 amide bonds. The monoisotopic (exact) mass is 560 g/mol. The molecule has 6 nitrogen and oxygen atoms in total. The zero-order valence-corrected chi connectivity index (χ0v) is 22.6. The van der Waals surface area contributed by atoms with Crippen molar-refractivity contribution < 1.29 is 9.59 Å². The van der Waals surface area contributed by atoms with Crippen molar-refractivity contribution >= 4 is 65.2 Å². The van der Waals surface area contributed by atoms with Crippen LogP contribution in [0, 0.1) is 5.41 Å². The van der Waals surface area contributed by atoms with E-state index in [2.05, 4.69) is 50.4 Å². The van der Waals surface area contributed by atoms with Crippen molar-refractivity contribution in [2.24, 2.45) is 5.41 Å². The maximum Gasteiger partial charge on any atom is 0.256 e. The number of H-pyrrole nitrogens is 1. The standard InChI is InChI=1S/C28H25BrN4O2S/c1-14-23(26(35)33-27-32-19-9-8-15(29)10-22(19)36-27)24(17-13-30-18-7-5-4-6-16(17)18)25-20(31-14)11-28(2,3)12-21(25)34/h4-10,13,24,30-31H,11-12H2,1-3H3,(H,32,33,35). The topological polar surface area (TPSA) is 86.9 Å². The van der Waals surface area contributed by atoms with E-state index in [0.717, 1.165) is 49.0 Å². The maximum absolute atomic E-state index is 13.9. The van der Waals surface area contributed by atoms with Gasteiger partial charge in [-0.25, -0.2) is 4.98 Å². The number of ketones is 1. The highest BCUT2D eigenvalue weighted by Crippen LogP contribution is 2.48. The number of carbonyl (C=O) groups is 2. The van der Waals surface area contributed by atoms with Gasteiger partial charge in [0.1, 0.15) is 0 Å². The maximum atomic E-state index is 13.9. The minimum atomic E-state index is -0.468. The lowest BCUT2D eigenvalue weighted by Crippen LogP contribution is -2.39. The Kier molecular flexibility index (Phi) is 5.42. The SMILES string of the molecule is CC1=C(C(=O)Nc2nc3ccc(Br)cc3s2)C(c2c[nH]c3ccccc23)C2=C(CC(C)(C)CC2=O)N1. The molecule has 0 bridgehead atoms. The lowest BCUT2D eigenvalue weighted by Gasteiger charge is -2.39. The summed E-state index contributed by atoms with van der Waals surface area (Å²) in [6, 6.07) is 13.9. The summed E-state index contributed by atoms with van der Waals surface area (Å²) in [5.41, 5.74) is 5.53. The molecule has 0 spiro atoms. The molecular formula is C28H25BrN4O2S. The van der Waals surface area contributed by atoms with Crippen LogP contribution in [-0.4, -0.2) is 21.7 Å². The van der Waals surface area contributed by atoms with Gasteiger partial charge in [0.2, 0.25) is 0 Å². The Morgan fingerprint density at radius 2 is 2.00 bits per heavy atom. The molecule has 1 aliphatic heterocycles. The number of benzene rings is 2. The van der Waals surface area contributed by atoms with Crippen LogP contribution >= 0.6 is 27.3 Å². The first-order valence-corrected chi connectivity index (χ1v) is 13.5. The summed E-state index contributed by atoms with van der Waals surface area (Å²) in [5.74, 6) is -0.631. The molecule has 2 aliphatic rings. The van der Waals surface area contributed by atoms with Gasteiger partial charge in [-0.05, 0) is 48.6 Å². The minimum Gasteiger partial charge on any atom is -0.362 e. The Morgan fingerprint density at radius 3 is 2.83 bits per heavy atom. The van der Waals surface area contributed by atoms with E-state index in [-0.39, 0.29) is 17.1 Å². The number of hydrogen-bond donors (Lipinski definition) is 3. The lowest BCUT2D eigenvalue weighted by atomic mass is 9.68. The molecule has 0 saturated carbocycles. The third-order valence-electron chi connectivity index (χ3n) is 6.99. The van der Waals surface area contributed by atoms with Crippen molar-refractivity contribution in [2.45, 2.75) is 39.5 Å². The predicted octanol–water partition coefficient (Wildman–Crippen LogP) is 6.78. The van der Waals surface area contributed by atoms with Gasteiger partial charge in [0, 0.05) is 56.5 Å².